The maximum absolute atomic E-state index is 12.4. The van der Waals surface area contributed by atoms with Crippen LogP contribution in [0.2, 0.25) is 0 Å². The normalized spacial score (nSPS) is 28.5. The van der Waals surface area contributed by atoms with Gasteiger partial charge in [-0.3, -0.25) is 10.1 Å². The molecule has 2 fully saturated rings. The minimum atomic E-state index is -0.0751. The molecule has 2 saturated heterocycles. The summed E-state index contributed by atoms with van der Waals surface area (Å²) in [5.41, 5.74) is 1.21. The Morgan fingerprint density at radius 2 is 2.14 bits per heavy atom. The molecular weight excluding hydrogens is 282 g/mol. The highest BCUT2D eigenvalue weighted by molar-refractivity contribution is 7.07. The SMILES string of the molecule is CC(CN1CCCC1)CN1C(=O)C(C)NC1c1ccsc1. The van der Waals surface area contributed by atoms with Crippen LogP contribution in [0.4, 0.5) is 0 Å². The molecule has 0 spiro atoms. The molecule has 1 amide bonds. The highest BCUT2D eigenvalue weighted by atomic mass is 32.1. The van der Waals surface area contributed by atoms with Gasteiger partial charge in [-0.25, -0.2) is 0 Å². The Morgan fingerprint density at radius 1 is 1.38 bits per heavy atom. The molecule has 4 nitrogen and oxygen atoms in total. The Hall–Kier alpha value is -0.910. The Balaban J connectivity index is 1.64. The number of carbonyl (C=O) groups is 1. The van der Waals surface area contributed by atoms with Crippen LogP contribution in [0.3, 0.4) is 0 Å². The zero-order chi connectivity index (χ0) is 14.8. The fourth-order valence-electron chi connectivity index (χ4n) is 3.48. The van der Waals surface area contributed by atoms with Crippen LogP contribution in [0.5, 0.6) is 0 Å². The molecule has 0 radical (unpaired) electrons. The first-order chi connectivity index (χ1) is 10.1. The van der Waals surface area contributed by atoms with E-state index in [4.69, 9.17) is 0 Å². The van der Waals surface area contributed by atoms with Gasteiger partial charge in [0.15, 0.2) is 0 Å². The van der Waals surface area contributed by atoms with E-state index in [9.17, 15) is 4.79 Å². The number of amides is 1. The Kier molecular flexibility index (Phi) is 4.62. The van der Waals surface area contributed by atoms with Crippen LogP contribution < -0.4 is 5.32 Å². The first-order valence-electron chi connectivity index (χ1n) is 7.96. The van der Waals surface area contributed by atoms with Crippen LogP contribution in [-0.4, -0.2) is 47.9 Å². The lowest BCUT2D eigenvalue weighted by atomic mass is 10.1. The zero-order valence-corrected chi connectivity index (χ0v) is 13.7. The van der Waals surface area contributed by atoms with E-state index in [1.165, 1.54) is 31.5 Å². The van der Waals surface area contributed by atoms with E-state index in [2.05, 4.69) is 34.0 Å². The van der Waals surface area contributed by atoms with Gasteiger partial charge in [0.2, 0.25) is 5.91 Å². The molecule has 0 aromatic carbocycles. The average Bonchev–Trinajstić information content (AvgIpc) is 3.17. The van der Waals surface area contributed by atoms with Crippen LogP contribution >= 0.6 is 11.3 Å². The minimum absolute atomic E-state index is 0.0554. The van der Waals surface area contributed by atoms with Gasteiger partial charge in [0.25, 0.3) is 0 Å². The topological polar surface area (TPSA) is 35.6 Å². The second kappa shape index (κ2) is 6.46. The van der Waals surface area contributed by atoms with Gasteiger partial charge in [-0.05, 0) is 61.2 Å². The van der Waals surface area contributed by atoms with Crippen molar-refractivity contribution in [3.8, 4) is 0 Å². The predicted molar refractivity (Wildman–Crippen MR) is 86.2 cm³/mol. The molecule has 2 aliphatic rings. The summed E-state index contributed by atoms with van der Waals surface area (Å²) in [7, 11) is 0. The number of thiophene rings is 1. The number of rotatable bonds is 5. The standard InChI is InChI=1S/C16H25N3OS/c1-12(9-18-6-3-4-7-18)10-19-15(14-5-8-21-11-14)17-13(2)16(19)20/h5,8,11-13,15,17H,3-4,6-7,9-10H2,1-2H3. The summed E-state index contributed by atoms with van der Waals surface area (Å²) in [4.78, 5) is 17.0. The fraction of sp³-hybridized carbons (Fsp3) is 0.688. The average molecular weight is 307 g/mol. The fourth-order valence-corrected chi connectivity index (χ4v) is 4.15. The molecule has 1 aromatic rings. The van der Waals surface area contributed by atoms with Gasteiger partial charge in [-0.1, -0.05) is 6.92 Å². The van der Waals surface area contributed by atoms with Crippen LogP contribution in [0.25, 0.3) is 0 Å². The third-order valence-electron chi connectivity index (χ3n) is 4.51. The van der Waals surface area contributed by atoms with Crippen molar-refractivity contribution in [2.75, 3.05) is 26.2 Å². The Bertz CT molecular complexity index is 470. The van der Waals surface area contributed by atoms with Crippen LogP contribution in [0, 0.1) is 5.92 Å². The highest BCUT2D eigenvalue weighted by Crippen LogP contribution is 2.28. The number of hydrogen-bond acceptors (Lipinski definition) is 4. The molecule has 21 heavy (non-hydrogen) atoms. The van der Waals surface area contributed by atoms with E-state index in [1.54, 1.807) is 11.3 Å². The predicted octanol–water partition coefficient (Wildman–Crippen LogP) is 2.30. The van der Waals surface area contributed by atoms with Gasteiger partial charge in [-0.2, -0.15) is 11.3 Å². The van der Waals surface area contributed by atoms with Crippen molar-refractivity contribution in [1.82, 2.24) is 15.1 Å². The number of nitrogens with zero attached hydrogens (tertiary/aromatic N) is 2. The van der Waals surface area contributed by atoms with Crippen molar-refractivity contribution in [3.63, 3.8) is 0 Å². The van der Waals surface area contributed by atoms with Crippen molar-refractivity contribution in [3.05, 3.63) is 22.4 Å². The lowest BCUT2D eigenvalue weighted by Gasteiger charge is -2.29. The summed E-state index contributed by atoms with van der Waals surface area (Å²) in [5.74, 6) is 0.750. The van der Waals surface area contributed by atoms with Gasteiger partial charge >= 0.3 is 0 Å². The number of likely N-dealkylation sites (tertiary alicyclic amines) is 1. The third kappa shape index (κ3) is 3.30. The summed E-state index contributed by atoms with van der Waals surface area (Å²) < 4.78 is 0. The van der Waals surface area contributed by atoms with Crippen LogP contribution in [-0.2, 0) is 4.79 Å². The Labute approximate surface area is 131 Å². The van der Waals surface area contributed by atoms with Crippen molar-refractivity contribution in [1.29, 1.82) is 0 Å². The molecule has 116 valence electrons. The summed E-state index contributed by atoms with van der Waals surface area (Å²) in [6.07, 6.45) is 2.71. The molecule has 0 saturated carbocycles. The third-order valence-corrected chi connectivity index (χ3v) is 5.21. The summed E-state index contributed by atoms with van der Waals surface area (Å²) in [6, 6.07) is 2.04. The molecule has 1 aromatic heterocycles. The summed E-state index contributed by atoms with van der Waals surface area (Å²) >= 11 is 1.69. The lowest BCUT2D eigenvalue weighted by Crippen LogP contribution is -2.38. The van der Waals surface area contributed by atoms with Crippen molar-refractivity contribution < 1.29 is 4.79 Å². The van der Waals surface area contributed by atoms with Crippen molar-refractivity contribution in [2.24, 2.45) is 5.92 Å². The van der Waals surface area contributed by atoms with E-state index < -0.39 is 0 Å². The maximum Gasteiger partial charge on any atom is 0.241 e. The highest BCUT2D eigenvalue weighted by Gasteiger charge is 2.37. The second-order valence-corrected chi connectivity index (χ2v) is 7.23. The Morgan fingerprint density at radius 3 is 2.81 bits per heavy atom. The lowest BCUT2D eigenvalue weighted by molar-refractivity contribution is -0.130. The van der Waals surface area contributed by atoms with E-state index in [0.29, 0.717) is 5.92 Å². The molecule has 3 rings (SSSR count). The summed E-state index contributed by atoms with van der Waals surface area (Å²) in [5, 5.41) is 7.64. The molecule has 0 bridgehead atoms. The molecule has 1 N–H and O–H groups in total. The van der Waals surface area contributed by atoms with Gasteiger partial charge in [0.1, 0.15) is 6.17 Å². The molecule has 0 aliphatic carbocycles. The van der Waals surface area contributed by atoms with E-state index in [0.717, 1.165) is 13.1 Å². The maximum atomic E-state index is 12.4. The van der Waals surface area contributed by atoms with Crippen molar-refractivity contribution >= 4 is 17.2 Å². The zero-order valence-electron chi connectivity index (χ0n) is 12.9. The monoisotopic (exact) mass is 307 g/mol. The molecule has 2 aliphatic heterocycles. The molecule has 3 unspecified atom stereocenters. The smallest absolute Gasteiger partial charge is 0.241 e. The van der Waals surface area contributed by atoms with Gasteiger partial charge < -0.3 is 9.80 Å². The number of hydrogen-bond donors (Lipinski definition) is 1. The molecule has 5 heteroatoms. The van der Waals surface area contributed by atoms with Crippen LogP contribution in [0.1, 0.15) is 38.4 Å². The quantitative estimate of drug-likeness (QED) is 0.906. The number of carbonyl (C=O) groups excluding carboxylic acids is 1. The molecule has 3 atom stereocenters. The van der Waals surface area contributed by atoms with Crippen LogP contribution in [0.15, 0.2) is 16.8 Å². The first-order valence-corrected chi connectivity index (χ1v) is 8.90. The first kappa shape index (κ1) is 15.0. The molecular formula is C16H25N3OS. The van der Waals surface area contributed by atoms with E-state index >= 15 is 0 Å². The van der Waals surface area contributed by atoms with Gasteiger partial charge in [0.05, 0.1) is 6.04 Å². The minimum Gasteiger partial charge on any atom is -0.321 e. The van der Waals surface area contributed by atoms with Crippen molar-refractivity contribution in [2.45, 2.75) is 38.9 Å². The largest absolute Gasteiger partial charge is 0.321 e. The number of nitrogens with one attached hydrogen (secondary N) is 1. The van der Waals surface area contributed by atoms with E-state index in [1.807, 2.05) is 11.8 Å². The van der Waals surface area contributed by atoms with Gasteiger partial charge in [-0.15, -0.1) is 0 Å². The van der Waals surface area contributed by atoms with E-state index in [-0.39, 0.29) is 18.1 Å². The molecule has 3 heterocycles. The summed E-state index contributed by atoms with van der Waals surface area (Å²) in [6.45, 7) is 8.62. The van der Waals surface area contributed by atoms with Gasteiger partial charge in [0, 0.05) is 13.1 Å². The second-order valence-electron chi connectivity index (χ2n) is 6.45.